The van der Waals surface area contributed by atoms with Crippen LogP contribution in [-0.2, 0) is 6.54 Å². The van der Waals surface area contributed by atoms with Crippen LogP contribution in [0.25, 0.3) is 6.08 Å². The third kappa shape index (κ3) is 3.61. The maximum atomic E-state index is 11.8. The molecule has 1 fully saturated rings. The van der Waals surface area contributed by atoms with Gasteiger partial charge in [0.2, 0.25) is 5.75 Å². The Hall–Kier alpha value is -2.47. The number of imidazole rings is 1. The summed E-state index contributed by atoms with van der Waals surface area (Å²) in [4.78, 5) is 4.13. The molecule has 0 saturated heterocycles. The largest absolute Gasteiger partial charge is 0.493 e. The zero-order valence-corrected chi connectivity index (χ0v) is 17.4. The average Bonchev–Trinajstić information content (AvgIpc) is 3.17. The Kier molecular flexibility index (Phi) is 5.70. The molecule has 1 aromatic carbocycles. The van der Waals surface area contributed by atoms with Crippen molar-refractivity contribution in [2.24, 2.45) is 5.41 Å². The van der Waals surface area contributed by atoms with Crippen LogP contribution in [0.1, 0.15) is 38.7 Å². The number of benzene rings is 1. The summed E-state index contributed by atoms with van der Waals surface area (Å²) < 4.78 is 18.3. The Morgan fingerprint density at radius 1 is 1.14 bits per heavy atom. The highest BCUT2D eigenvalue weighted by Gasteiger charge is 2.48. The first kappa shape index (κ1) is 20.3. The zero-order valence-electron chi connectivity index (χ0n) is 17.4. The van der Waals surface area contributed by atoms with E-state index in [0.717, 1.165) is 30.4 Å². The van der Waals surface area contributed by atoms with Crippen molar-refractivity contribution in [2.45, 2.75) is 45.3 Å². The number of hydrogen-bond donors (Lipinski definition) is 1. The van der Waals surface area contributed by atoms with E-state index in [4.69, 9.17) is 14.2 Å². The van der Waals surface area contributed by atoms with Gasteiger partial charge in [-0.2, -0.15) is 0 Å². The van der Waals surface area contributed by atoms with Crippen LogP contribution < -0.4 is 14.2 Å². The molecule has 28 heavy (non-hydrogen) atoms. The summed E-state index contributed by atoms with van der Waals surface area (Å²) in [6.07, 6.45) is 10.3. The van der Waals surface area contributed by atoms with Gasteiger partial charge in [-0.1, -0.05) is 19.9 Å². The lowest BCUT2D eigenvalue weighted by Gasteiger charge is -2.48. The molecule has 152 valence electrons. The standard InChI is InChI=1S/C22H30N2O4/c1-21(2)8-6-7-17(22(21,25)14-24-10-9-23-15-24)11-16-12-18(26-3)20(28-5)19(13-16)27-4/h9-13,15,25H,6-8,14H2,1-5H3/b17-11+/t22-/m0/s1. The fraction of sp³-hybridized carbons (Fsp3) is 0.500. The minimum atomic E-state index is -0.980. The van der Waals surface area contributed by atoms with Crippen molar-refractivity contribution in [1.29, 1.82) is 0 Å². The van der Waals surface area contributed by atoms with Crippen LogP contribution in [-0.4, -0.2) is 41.6 Å². The number of methoxy groups -OCH3 is 3. The van der Waals surface area contributed by atoms with E-state index < -0.39 is 5.60 Å². The lowest BCUT2D eigenvalue weighted by atomic mass is 9.62. The summed E-state index contributed by atoms with van der Waals surface area (Å²) in [5.41, 5.74) is 0.673. The van der Waals surface area contributed by atoms with E-state index in [1.165, 1.54) is 0 Å². The number of nitrogens with zero attached hydrogens (tertiary/aromatic N) is 2. The molecule has 1 aliphatic rings. The number of rotatable bonds is 6. The second kappa shape index (κ2) is 7.87. The monoisotopic (exact) mass is 386 g/mol. The molecule has 0 unspecified atom stereocenters. The van der Waals surface area contributed by atoms with Gasteiger partial charge in [0.25, 0.3) is 0 Å². The summed E-state index contributed by atoms with van der Waals surface area (Å²) >= 11 is 0. The van der Waals surface area contributed by atoms with Crippen LogP contribution in [0, 0.1) is 5.41 Å². The third-order valence-corrected chi connectivity index (χ3v) is 5.90. The molecule has 1 aromatic heterocycles. The highest BCUT2D eigenvalue weighted by atomic mass is 16.5. The van der Waals surface area contributed by atoms with E-state index in [9.17, 15) is 5.11 Å². The highest BCUT2D eigenvalue weighted by molar-refractivity contribution is 5.64. The van der Waals surface area contributed by atoms with Crippen molar-refractivity contribution in [2.75, 3.05) is 21.3 Å². The molecule has 1 heterocycles. The molecule has 0 spiro atoms. The molecule has 0 radical (unpaired) electrons. The molecule has 1 saturated carbocycles. The van der Waals surface area contributed by atoms with E-state index in [-0.39, 0.29) is 5.41 Å². The molecule has 0 bridgehead atoms. The van der Waals surface area contributed by atoms with Gasteiger partial charge in [-0.3, -0.25) is 0 Å². The van der Waals surface area contributed by atoms with E-state index >= 15 is 0 Å². The molecule has 1 aliphatic carbocycles. The average molecular weight is 386 g/mol. The summed E-state index contributed by atoms with van der Waals surface area (Å²) in [6.45, 7) is 4.73. The molecule has 2 aromatic rings. The fourth-order valence-electron chi connectivity index (χ4n) is 4.11. The van der Waals surface area contributed by atoms with Gasteiger partial charge in [-0.25, -0.2) is 4.98 Å². The lowest BCUT2D eigenvalue weighted by Crippen LogP contribution is -2.51. The van der Waals surface area contributed by atoms with Crippen LogP contribution in [0.5, 0.6) is 17.2 Å². The van der Waals surface area contributed by atoms with Crippen molar-refractivity contribution in [3.05, 3.63) is 42.0 Å². The molecule has 0 aliphatic heterocycles. The van der Waals surface area contributed by atoms with Gasteiger partial charge < -0.3 is 23.9 Å². The van der Waals surface area contributed by atoms with E-state index in [2.05, 4.69) is 24.9 Å². The van der Waals surface area contributed by atoms with Crippen LogP contribution in [0.3, 0.4) is 0 Å². The number of ether oxygens (including phenoxy) is 3. The second-order valence-electron chi connectivity index (χ2n) is 7.96. The fourth-order valence-corrected chi connectivity index (χ4v) is 4.11. The van der Waals surface area contributed by atoms with Gasteiger partial charge in [0.1, 0.15) is 5.60 Å². The van der Waals surface area contributed by atoms with Crippen LogP contribution in [0.4, 0.5) is 0 Å². The Morgan fingerprint density at radius 3 is 2.36 bits per heavy atom. The molecule has 3 rings (SSSR count). The van der Waals surface area contributed by atoms with Gasteiger partial charge >= 0.3 is 0 Å². The SMILES string of the molecule is COc1cc(/C=C2\CCCC(C)(C)[C@]2(O)Cn2ccnc2)cc(OC)c1OC. The topological polar surface area (TPSA) is 65.7 Å². The Labute approximate surface area is 166 Å². The maximum Gasteiger partial charge on any atom is 0.203 e. The van der Waals surface area contributed by atoms with Crippen LogP contribution in [0.15, 0.2) is 36.4 Å². The third-order valence-electron chi connectivity index (χ3n) is 5.90. The van der Waals surface area contributed by atoms with Gasteiger partial charge in [0, 0.05) is 12.4 Å². The Balaban J connectivity index is 2.07. The smallest absolute Gasteiger partial charge is 0.203 e. The minimum absolute atomic E-state index is 0.262. The molecule has 0 amide bonds. The molecule has 1 N–H and O–H groups in total. The number of aliphatic hydroxyl groups is 1. The summed E-state index contributed by atoms with van der Waals surface area (Å²) in [7, 11) is 4.80. The second-order valence-corrected chi connectivity index (χ2v) is 7.96. The first-order chi connectivity index (χ1) is 13.3. The summed E-state index contributed by atoms with van der Waals surface area (Å²) in [5, 5.41) is 11.8. The quantitative estimate of drug-likeness (QED) is 0.815. The van der Waals surface area contributed by atoms with Gasteiger partial charge in [-0.05, 0) is 47.9 Å². The molecule has 6 nitrogen and oxygen atoms in total. The predicted octanol–water partition coefficient (Wildman–Crippen LogP) is 3.93. The number of hydrogen-bond acceptors (Lipinski definition) is 5. The maximum absolute atomic E-state index is 11.8. The van der Waals surface area contributed by atoms with Crippen molar-refractivity contribution in [3.8, 4) is 17.2 Å². The van der Waals surface area contributed by atoms with Gasteiger partial charge in [0.05, 0.1) is 34.2 Å². The first-order valence-corrected chi connectivity index (χ1v) is 9.54. The minimum Gasteiger partial charge on any atom is -0.493 e. The normalized spacial score (nSPS) is 22.9. The lowest BCUT2D eigenvalue weighted by molar-refractivity contribution is -0.0670. The summed E-state index contributed by atoms with van der Waals surface area (Å²) in [6, 6.07) is 3.82. The van der Waals surface area contributed by atoms with Gasteiger partial charge in [0.15, 0.2) is 11.5 Å². The van der Waals surface area contributed by atoms with E-state index in [1.807, 2.05) is 22.9 Å². The molecule has 1 atom stereocenters. The Bertz CT molecular complexity index is 817. The molecular weight excluding hydrogens is 356 g/mol. The molecule has 6 heteroatoms. The van der Waals surface area contributed by atoms with E-state index in [1.54, 1.807) is 33.9 Å². The van der Waals surface area contributed by atoms with Crippen molar-refractivity contribution >= 4 is 6.08 Å². The van der Waals surface area contributed by atoms with Crippen molar-refractivity contribution in [3.63, 3.8) is 0 Å². The van der Waals surface area contributed by atoms with Crippen molar-refractivity contribution < 1.29 is 19.3 Å². The predicted molar refractivity (Wildman–Crippen MR) is 109 cm³/mol. The van der Waals surface area contributed by atoms with Crippen LogP contribution >= 0.6 is 0 Å². The molecular formula is C22H30N2O4. The summed E-state index contributed by atoms with van der Waals surface area (Å²) in [5.74, 6) is 1.76. The highest BCUT2D eigenvalue weighted by Crippen LogP contribution is 2.49. The van der Waals surface area contributed by atoms with Gasteiger partial charge in [-0.15, -0.1) is 0 Å². The number of aromatic nitrogens is 2. The zero-order chi connectivity index (χ0) is 20.4. The van der Waals surface area contributed by atoms with Crippen LogP contribution in [0.2, 0.25) is 0 Å². The van der Waals surface area contributed by atoms with Crippen molar-refractivity contribution in [1.82, 2.24) is 9.55 Å². The first-order valence-electron chi connectivity index (χ1n) is 9.54. The van der Waals surface area contributed by atoms with E-state index in [0.29, 0.717) is 23.8 Å². The Morgan fingerprint density at radius 2 is 1.82 bits per heavy atom.